The molecule has 1 aromatic rings. The number of rotatable bonds is 3. The summed E-state index contributed by atoms with van der Waals surface area (Å²) >= 11 is 2.07. The van der Waals surface area contributed by atoms with Gasteiger partial charge in [0.15, 0.2) is 5.57 Å². The number of nitriles is 3. The van der Waals surface area contributed by atoms with Crippen LogP contribution in [0, 0.1) is 44.5 Å². The van der Waals surface area contributed by atoms with Crippen molar-refractivity contribution in [3.8, 4) is 18.2 Å². The van der Waals surface area contributed by atoms with Gasteiger partial charge in [-0.1, -0.05) is 0 Å². The highest BCUT2D eigenvalue weighted by Crippen LogP contribution is 2.25. The van der Waals surface area contributed by atoms with Crippen molar-refractivity contribution in [1.29, 1.82) is 15.8 Å². The minimum absolute atomic E-state index is 0.217. The Bertz CT molecular complexity index is 732. The predicted octanol–water partition coefficient (Wildman–Crippen LogP) is 2.62. The van der Waals surface area contributed by atoms with E-state index in [0.29, 0.717) is 5.69 Å². The number of methoxy groups -OCH3 is 1. The fraction of sp³-hybridized carbons (Fsp3) is 0.143. The number of halogens is 1. The van der Waals surface area contributed by atoms with Crippen LogP contribution >= 0.6 is 22.6 Å². The Labute approximate surface area is 135 Å². The number of hydrogen-bond donors (Lipinski definition) is 1. The van der Waals surface area contributed by atoms with E-state index in [4.69, 9.17) is 15.8 Å². The van der Waals surface area contributed by atoms with Crippen LogP contribution in [0.3, 0.4) is 0 Å². The fourth-order valence-corrected chi connectivity index (χ4v) is 1.95. The molecule has 6 nitrogen and oxygen atoms in total. The van der Waals surface area contributed by atoms with Crippen LogP contribution in [0.1, 0.15) is 15.9 Å². The molecule has 0 fully saturated rings. The lowest BCUT2D eigenvalue weighted by molar-refractivity contribution is 0.0602. The number of nitrogens with one attached hydrogen (secondary N) is 1. The molecule has 0 unspecified atom stereocenters. The maximum atomic E-state index is 11.8. The number of anilines is 1. The van der Waals surface area contributed by atoms with Crippen LogP contribution in [0.25, 0.3) is 0 Å². The van der Waals surface area contributed by atoms with Crippen molar-refractivity contribution in [1.82, 2.24) is 0 Å². The average Bonchev–Trinajstić information content (AvgIpc) is 2.49. The lowest BCUT2D eigenvalue weighted by Gasteiger charge is -2.12. The summed E-state index contributed by atoms with van der Waals surface area (Å²) in [5, 5.41) is 29.3. The Hall–Kier alpha value is -2.57. The van der Waals surface area contributed by atoms with Gasteiger partial charge in [-0.3, -0.25) is 0 Å². The average molecular weight is 392 g/mol. The first kappa shape index (κ1) is 16.5. The van der Waals surface area contributed by atoms with Gasteiger partial charge in [-0.2, -0.15) is 15.8 Å². The highest BCUT2D eigenvalue weighted by molar-refractivity contribution is 14.1. The molecule has 0 bridgehead atoms. The molecule has 0 atom stereocenters. The summed E-state index contributed by atoms with van der Waals surface area (Å²) < 4.78 is 5.54. The summed E-state index contributed by atoms with van der Waals surface area (Å²) in [5.74, 6) is -0.580. The topological polar surface area (TPSA) is 110 Å². The Morgan fingerprint density at radius 3 is 2.33 bits per heavy atom. The molecule has 0 aliphatic heterocycles. The van der Waals surface area contributed by atoms with Gasteiger partial charge in [-0.25, -0.2) is 4.79 Å². The number of carbonyl (C=O) groups excluding carboxylic acids is 1. The molecule has 104 valence electrons. The second-order valence-corrected chi connectivity index (χ2v) is 5.01. The van der Waals surface area contributed by atoms with E-state index in [-0.39, 0.29) is 16.8 Å². The summed E-state index contributed by atoms with van der Waals surface area (Å²) in [6.07, 6.45) is 0. The largest absolute Gasteiger partial charge is 0.465 e. The summed E-state index contributed by atoms with van der Waals surface area (Å²) in [4.78, 5) is 11.8. The van der Waals surface area contributed by atoms with Gasteiger partial charge in [-0.15, -0.1) is 0 Å². The Kier molecular flexibility index (Phi) is 5.71. The molecule has 0 amide bonds. The van der Waals surface area contributed by atoms with E-state index in [1.807, 2.05) is 6.92 Å². The second kappa shape index (κ2) is 7.28. The first-order valence-electron chi connectivity index (χ1n) is 5.58. The third-order valence-electron chi connectivity index (χ3n) is 2.55. The van der Waals surface area contributed by atoms with E-state index >= 15 is 0 Å². The zero-order valence-corrected chi connectivity index (χ0v) is 13.3. The van der Waals surface area contributed by atoms with Gasteiger partial charge in [0.1, 0.15) is 23.9 Å². The molecule has 7 heteroatoms. The maximum absolute atomic E-state index is 11.8. The van der Waals surface area contributed by atoms with E-state index in [0.717, 1.165) is 9.13 Å². The van der Waals surface area contributed by atoms with E-state index in [2.05, 4.69) is 32.6 Å². The fourth-order valence-electron chi connectivity index (χ4n) is 1.48. The normalized spacial score (nSPS) is 8.76. The summed E-state index contributed by atoms with van der Waals surface area (Å²) in [5.41, 5.74) is 0.823. The van der Waals surface area contributed by atoms with Gasteiger partial charge in [-0.05, 0) is 47.2 Å². The molecule has 1 N–H and O–H groups in total. The van der Waals surface area contributed by atoms with Crippen molar-refractivity contribution in [2.24, 2.45) is 0 Å². The minimum Gasteiger partial charge on any atom is -0.465 e. The third-order valence-corrected chi connectivity index (χ3v) is 3.71. The Balaban J connectivity index is 3.45. The zero-order valence-electron chi connectivity index (χ0n) is 11.2. The number of carbonyl (C=O) groups is 1. The van der Waals surface area contributed by atoms with Crippen LogP contribution in [0.15, 0.2) is 23.4 Å². The lowest BCUT2D eigenvalue weighted by atomic mass is 10.1. The van der Waals surface area contributed by atoms with E-state index < -0.39 is 5.97 Å². The Morgan fingerprint density at radius 1 is 1.24 bits per heavy atom. The molecule has 0 spiro atoms. The molecule has 0 saturated heterocycles. The first-order valence-corrected chi connectivity index (χ1v) is 6.66. The van der Waals surface area contributed by atoms with Crippen LogP contribution in [0.2, 0.25) is 0 Å². The quantitative estimate of drug-likeness (QED) is 0.481. The van der Waals surface area contributed by atoms with Crippen LogP contribution in [0.4, 0.5) is 5.69 Å². The molecule has 0 heterocycles. The minimum atomic E-state index is -0.580. The van der Waals surface area contributed by atoms with Crippen LogP contribution < -0.4 is 5.32 Å². The molecule has 0 aliphatic rings. The molecule has 0 saturated carbocycles. The number of benzene rings is 1. The van der Waals surface area contributed by atoms with Crippen molar-refractivity contribution < 1.29 is 9.53 Å². The second-order valence-electron chi connectivity index (χ2n) is 3.85. The van der Waals surface area contributed by atoms with Gasteiger partial charge in [0, 0.05) is 3.57 Å². The zero-order chi connectivity index (χ0) is 16.0. The lowest BCUT2D eigenvalue weighted by Crippen LogP contribution is -2.10. The standard InChI is InChI=1S/C14H9IN4O2/c1-8-3-12(10(4-11(8)15)14(20)21-2)19-13(7-18)9(5-16)6-17/h3-4,19H,1-2H3. The number of esters is 1. The van der Waals surface area contributed by atoms with E-state index in [9.17, 15) is 4.79 Å². The van der Waals surface area contributed by atoms with E-state index in [1.165, 1.54) is 7.11 Å². The maximum Gasteiger partial charge on any atom is 0.340 e. The number of nitrogens with zero attached hydrogens (tertiary/aromatic N) is 3. The predicted molar refractivity (Wildman–Crippen MR) is 82.7 cm³/mol. The third kappa shape index (κ3) is 3.71. The smallest absolute Gasteiger partial charge is 0.340 e. The van der Waals surface area contributed by atoms with Crippen LogP contribution in [0.5, 0.6) is 0 Å². The molecule has 0 aliphatic carbocycles. The molecular weight excluding hydrogens is 383 g/mol. The van der Waals surface area contributed by atoms with Crippen LogP contribution in [-0.4, -0.2) is 13.1 Å². The molecule has 1 aromatic carbocycles. The Morgan fingerprint density at radius 2 is 1.86 bits per heavy atom. The van der Waals surface area contributed by atoms with E-state index in [1.54, 1.807) is 30.3 Å². The summed E-state index contributed by atoms with van der Waals surface area (Å²) in [6.45, 7) is 1.83. The SMILES string of the molecule is COC(=O)c1cc(I)c(C)cc1NC(C#N)=C(C#N)C#N. The molecule has 0 radical (unpaired) electrons. The van der Waals surface area contributed by atoms with Crippen molar-refractivity contribution in [2.45, 2.75) is 6.92 Å². The van der Waals surface area contributed by atoms with Gasteiger partial charge in [0.25, 0.3) is 0 Å². The monoisotopic (exact) mass is 392 g/mol. The molecule has 1 rings (SSSR count). The molecule has 21 heavy (non-hydrogen) atoms. The highest BCUT2D eigenvalue weighted by atomic mass is 127. The van der Waals surface area contributed by atoms with Crippen molar-refractivity contribution in [2.75, 3.05) is 12.4 Å². The van der Waals surface area contributed by atoms with Crippen molar-refractivity contribution in [3.05, 3.63) is 38.1 Å². The molecular formula is C14H9IN4O2. The summed E-state index contributed by atoms with van der Waals surface area (Å²) in [7, 11) is 1.25. The number of allylic oxidation sites excluding steroid dienone is 2. The van der Waals surface area contributed by atoms with Gasteiger partial charge < -0.3 is 10.1 Å². The van der Waals surface area contributed by atoms with Gasteiger partial charge >= 0.3 is 5.97 Å². The first-order chi connectivity index (χ1) is 9.98. The van der Waals surface area contributed by atoms with Gasteiger partial charge in [0.05, 0.1) is 18.4 Å². The van der Waals surface area contributed by atoms with Gasteiger partial charge in [0.2, 0.25) is 0 Å². The van der Waals surface area contributed by atoms with Crippen molar-refractivity contribution >= 4 is 34.2 Å². The number of ether oxygens (including phenoxy) is 1. The highest BCUT2D eigenvalue weighted by Gasteiger charge is 2.16. The van der Waals surface area contributed by atoms with Crippen LogP contribution in [-0.2, 0) is 4.74 Å². The molecule has 0 aromatic heterocycles. The number of hydrogen-bond acceptors (Lipinski definition) is 6. The summed E-state index contributed by atoms with van der Waals surface area (Å²) in [6, 6.07) is 8.25. The number of aryl methyl sites for hydroxylation is 1. The van der Waals surface area contributed by atoms with Crippen molar-refractivity contribution in [3.63, 3.8) is 0 Å².